The van der Waals surface area contributed by atoms with Crippen LogP contribution in [0.3, 0.4) is 0 Å². The van der Waals surface area contributed by atoms with E-state index in [0.29, 0.717) is 18.4 Å². The zero-order valence-corrected chi connectivity index (χ0v) is 14.7. The van der Waals surface area contributed by atoms with Gasteiger partial charge in [0.05, 0.1) is 5.60 Å². The lowest BCUT2D eigenvalue weighted by atomic mass is 9.42. The maximum absolute atomic E-state index is 11.5. The summed E-state index contributed by atoms with van der Waals surface area (Å²) in [4.78, 5) is 0. The third-order valence-corrected chi connectivity index (χ3v) is 7.98. The van der Waals surface area contributed by atoms with E-state index in [2.05, 4.69) is 33.4 Å². The number of allylic oxidation sites excluding steroid dienone is 1. The van der Waals surface area contributed by atoms with Crippen molar-refractivity contribution in [3.63, 3.8) is 0 Å². The molecule has 3 fully saturated rings. The molecule has 0 radical (unpaired) electrons. The van der Waals surface area contributed by atoms with Crippen molar-refractivity contribution >= 4 is 0 Å². The van der Waals surface area contributed by atoms with Crippen molar-refractivity contribution < 1.29 is 10.2 Å². The Morgan fingerprint density at radius 2 is 1.73 bits per heavy atom. The predicted octanol–water partition coefficient (Wildman–Crippen LogP) is 4.31. The summed E-state index contributed by atoms with van der Waals surface area (Å²) in [6.45, 7) is 11.2. The fraction of sp³-hybridized carbons (Fsp3) is 0.900. The van der Waals surface area contributed by atoms with Gasteiger partial charge in [-0.25, -0.2) is 0 Å². The molecule has 3 rings (SSSR count). The zero-order valence-electron chi connectivity index (χ0n) is 14.7. The van der Waals surface area contributed by atoms with Crippen molar-refractivity contribution in [1.29, 1.82) is 0 Å². The minimum Gasteiger partial charge on any atom is -0.396 e. The molecule has 0 bridgehead atoms. The quantitative estimate of drug-likeness (QED) is 0.746. The maximum Gasteiger partial charge on any atom is 0.0689 e. The molecule has 0 heterocycles. The lowest BCUT2D eigenvalue weighted by Gasteiger charge is -2.64. The molecule has 0 aromatic heterocycles. The minimum absolute atomic E-state index is 0.0491. The average molecular weight is 306 g/mol. The summed E-state index contributed by atoms with van der Waals surface area (Å²) in [5, 5.41) is 21.5. The van der Waals surface area contributed by atoms with Gasteiger partial charge >= 0.3 is 0 Å². The van der Waals surface area contributed by atoms with Crippen molar-refractivity contribution in [3.8, 4) is 0 Å². The molecule has 0 spiro atoms. The van der Waals surface area contributed by atoms with Gasteiger partial charge < -0.3 is 10.2 Å². The largest absolute Gasteiger partial charge is 0.396 e. The number of aliphatic hydroxyl groups excluding tert-OH is 1. The highest BCUT2D eigenvalue weighted by atomic mass is 16.3. The minimum atomic E-state index is -0.528. The molecule has 3 aliphatic rings. The second-order valence-electron chi connectivity index (χ2n) is 9.49. The van der Waals surface area contributed by atoms with E-state index >= 15 is 0 Å². The Morgan fingerprint density at radius 3 is 2.36 bits per heavy atom. The van der Waals surface area contributed by atoms with Gasteiger partial charge in [-0.15, -0.1) is 6.58 Å². The average Bonchev–Trinajstić information content (AvgIpc) is 2.46. The Labute approximate surface area is 136 Å². The van der Waals surface area contributed by atoms with Crippen molar-refractivity contribution in [1.82, 2.24) is 0 Å². The molecule has 0 amide bonds. The van der Waals surface area contributed by atoms with Crippen LogP contribution in [-0.4, -0.2) is 22.4 Å². The van der Waals surface area contributed by atoms with Crippen molar-refractivity contribution in [2.45, 2.75) is 77.7 Å². The first kappa shape index (κ1) is 16.5. The van der Waals surface area contributed by atoms with Crippen LogP contribution in [-0.2, 0) is 0 Å². The smallest absolute Gasteiger partial charge is 0.0689 e. The normalized spacial score (nSPS) is 55.1. The van der Waals surface area contributed by atoms with Crippen LogP contribution in [0, 0.1) is 28.1 Å². The Bertz CT molecular complexity index is 461. The molecule has 0 saturated heterocycles. The fourth-order valence-electron chi connectivity index (χ4n) is 6.73. The number of hydrogen-bond donors (Lipinski definition) is 2. The summed E-state index contributed by atoms with van der Waals surface area (Å²) in [6, 6.07) is 0. The van der Waals surface area contributed by atoms with Crippen LogP contribution >= 0.6 is 0 Å². The first-order chi connectivity index (χ1) is 10.2. The van der Waals surface area contributed by atoms with Gasteiger partial charge in [0.25, 0.3) is 0 Å². The number of aliphatic hydroxyl groups is 2. The first-order valence-corrected chi connectivity index (χ1v) is 9.18. The summed E-state index contributed by atoms with van der Waals surface area (Å²) in [5.41, 5.74) is -0.206. The Hall–Kier alpha value is -0.340. The second kappa shape index (κ2) is 5.08. The third kappa shape index (κ3) is 2.21. The van der Waals surface area contributed by atoms with E-state index in [-0.39, 0.29) is 16.2 Å². The van der Waals surface area contributed by atoms with Gasteiger partial charge in [-0.3, -0.25) is 0 Å². The number of fused-ring (bicyclic) bond motifs is 3. The van der Waals surface area contributed by atoms with E-state index < -0.39 is 5.60 Å². The van der Waals surface area contributed by atoms with Gasteiger partial charge in [-0.1, -0.05) is 33.3 Å². The zero-order chi connectivity index (χ0) is 16.2. The summed E-state index contributed by atoms with van der Waals surface area (Å²) in [7, 11) is 0. The summed E-state index contributed by atoms with van der Waals surface area (Å²) >= 11 is 0. The van der Waals surface area contributed by atoms with Crippen molar-refractivity contribution in [3.05, 3.63) is 12.7 Å². The molecule has 0 unspecified atom stereocenters. The molecule has 2 nitrogen and oxygen atoms in total. The number of rotatable bonds is 2. The van der Waals surface area contributed by atoms with Crippen LogP contribution in [0.1, 0.15) is 72.1 Å². The molecular formula is C20H34O2. The van der Waals surface area contributed by atoms with Gasteiger partial charge in [-0.05, 0) is 73.0 Å². The Morgan fingerprint density at radius 1 is 1.05 bits per heavy atom. The fourth-order valence-corrected chi connectivity index (χ4v) is 6.73. The van der Waals surface area contributed by atoms with E-state index in [1.807, 2.05) is 0 Å². The van der Waals surface area contributed by atoms with E-state index in [1.54, 1.807) is 0 Å². The van der Waals surface area contributed by atoms with Gasteiger partial charge in [0.15, 0.2) is 0 Å². The Kier molecular flexibility index (Phi) is 3.81. The molecule has 3 aliphatic carbocycles. The Balaban J connectivity index is 1.94. The highest BCUT2D eigenvalue weighted by Gasteiger charge is 2.62. The highest BCUT2D eigenvalue weighted by molar-refractivity contribution is 5.14. The van der Waals surface area contributed by atoms with Crippen molar-refractivity contribution in [2.75, 3.05) is 6.61 Å². The molecule has 0 aromatic rings. The summed E-state index contributed by atoms with van der Waals surface area (Å²) in [5.74, 6) is 0.940. The van der Waals surface area contributed by atoms with Gasteiger partial charge in [-0.2, -0.15) is 0 Å². The predicted molar refractivity (Wildman–Crippen MR) is 90.5 cm³/mol. The second-order valence-corrected chi connectivity index (χ2v) is 9.49. The molecule has 2 heteroatoms. The van der Waals surface area contributed by atoms with Gasteiger partial charge in [0.1, 0.15) is 0 Å². The summed E-state index contributed by atoms with van der Waals surface area (Å²) < 4.78 is 0. The monoisotopic (exact) mass is 306 g/mol. The van der Waals surface area contributed by atoms with Crippen LogP contribution in [0.4, 0.5) is 0 Å². The van der Waals surface area contributed by atoms with E-state index in [0.717, 1.165) is 38.5 Å². The van der Waals surface area contributed by atoms with E-state index in [1.165, 1.54) is 12.8 Å². The molecule has 0 aromatic carbocycles. The maximum atomic E-state index is 11.5. The van der Waals surface area contributed by atoms with Crippen LogP contribution in [0.5, 0.6) is 0 Å². The molecule has 0 aliphatic heterocycles. The van der Waals surface area contributed by atoms with Crippen molar-refractivity contribution in [2.24, 2.45) is 28.1 Å². The van der Waals surface area contributed by atoms with E-state index in [9.17, 15) is 10.2 Å². The van der Waals surface area contributed by atoms with Crippen LogP contribution in [0.15, 0.2) is 12.7 Å². The van der Waals surface area contributed by atoms with Crippen LogP contribution in [0.25, 0.3) is 0 Å². The highest BCUT2D eigenvalue weighted by Crippen LogP contribution is 2.66. The lowest BCUT2D eigenvalue weighted by molar-refractivity contribution is -0.210. The molecule has 126 valence electrons. The topological polar surface area (TPSA) is 40.5 Å². The molecule has 22 heavy (non-hydrogen) atoms. The molecule has 6 atom stereocenters. The van der Waals surface area contributed by atoms with Gasteiger partial charge in [0, 0.05) is 6.61 Å². The third-order valence-electron chi connectivity index (χ3n) is 7.98. The SMILES string of the molecule is C=C[C@]1(C)CC[C@@H]2[C@@](O)(CC[C@@H]3[C@@](C)(CO)CCC[C@]32C)C1. The number of hydrogen-bond acceptors (Lipinski definition) is 2. The van der Waals surface area contributed by atoms with Crippen LogP contribution < -0.4 is 0 Å². The lowest BCUT2D eigenvalue weighted by Crippen LogP contribution is -2.62. The van der Waals surface area contributed by atoms with Gasteiger partial charge in [0.2, 0.25) is 0 Å². The molecule has 3 saturated carbocycles. The summed E-state index contributed by atoms with van der Waals surface area (Å²) in [6.07, 6.45) is 10.7. The molecular weight excluding hydrogens is 272 g/mol. The first-order valence-electron chi connectivity index (χ1n) is 9.18. The standard InChI is InChI=1S/C20H34O2/c1-5-17(2)11-7-16-19(4)10-6-9-18(3,14-21)15(19)8-12-20(16,22)13-17/h5,15-16,21-22H,1,6-14H2,2-4H3/t15-,16+,17-,18-,19-,20-/m1/s1. The van der Waals surface area contributed by atoms with E-state index in [4.69, 9.17) is 0 Å². The molecule has 2 N–H and O–H groups in total. The van der Waals surface area contributed by atoms with Crippen LogP contribution in [0.2, 0.25) is 0 Å².